The maximum atomic E-state index is 10.7. The summed E-state index contributed by atoms with van der Waals surface area (Å²) >= 11 is 0. The second-order valence-corrected chi connectivity index (χ2v) is 5.63. The lowest BCUT2D eigenvalue weighted by molar-refractivity contribution is -0.0285. The molecule has 4 nitrogen and oxygen atoms in total. The van der Waals surface area contributed by atoms with Gasteiger partial charge in [-0.05, 0) is 37.8 Å². The molecule has 98 valence electrons. The van der Waals surface area contributed by atoms with Gasteiger partial charge in [0.15, 0.2) is 0 Å². The first kappa shape index (κ1) is 12.1. The second kappa shape index (κ2) is 4.30. The van der Waals surface area contributed by atoms with Gasteiger partial charge in [-0.15, -0.1) is 0 Å². The molecule has 4 unspecified atom stereocenters. The standard InChI is InChI=1S/C14H20N2O2/c1-9-2-4-11(16-7-9)13(17)14(8-15)6-10-3-5-12(14)18-10/h2,4,7,10,12-13,17H,3,5-6,8,15H2,1H3. The first-order valence-corrected chi connectivity index (χ1v) is 6.62. The van der Waals surface area contributed by atoms with Crippen molar-refractivity contribution in [3.05, 3.63) is 29.6 Å². The zero-order valence-corrected chi connectivity index (χ0v) is 10.7. The molecule has 3 heterocycles. The van der Waals surface area contributed by atoms with Crippen molar-refractivity contribution in [2.45, 2.75) is 44.5 Å². The fourth-order valence-electron chi connectivity index (χ4n) is 3.38. The molecular weight excluding hydrogens is 228 g/mol. The summed E-state index contributed by atoms with van der Waals surface area (Å²) in [6.07, 6.45) is 4.48. The number of fused-ring (bicyclic) bond motifs is 2. The first-order chi connectivity index (χ1) is 8.65. The van der Waals surface area contributed by atoms with E-state index in [9.17, 15) is 5.11 Å². The SMILES string of the molecule is Cc1ccc(C(O)C2(CN)CC3CCC2O3)nc1. The summed E-state index contributed by atoms with van der Waals surface area (Å²) in [4.78, 5) is 4.34. The van der Waals surface area contributed by atoms with E-state index in [1.807, 2.05) is 19.1 Å². The predicted molar refractivity (Wildman–Crippen MR) is 67.9 cm³/mol. The van der Waals surface area contributed by atoms with E-state index in [-0.39, 0.29) is 17.6 Å². The summed E-state index contributed by atoms with van der Waals surface area (Å²) in [5.41, 5.74) is 7.42. The number of aliphatic hydroxyl groups excluding tert-OH is 1. The first-order valence-electron chi connectivity index (χ1n) is 6.62. The second-order valence-electron chi connectivity index (χ2n) is 5.63. The molecule has 2 aliphatic heterocycles. The minimum atomic E-state index is -0.626. The zero-order valence-electron chi connectivity index (χ0n) is 10.7. The Balaban J connectivity index is 1.90. The Morgan fingerprint density at radius 3 is 2.89 bits per heavy atom. The third-order valence-electron chi connectivity index (χ3n) is 4.50. The molecule has 1 aromatic rings. The molecule has 0 saturated carbocycles. The minimum absolute atomic E-state index is 0.0885. The van der Waals surface area contributed by atoms with Crippen molar-refractivity contribution in [3.8, 4) is 0 Å². The van der Waals surface area contributed by atoms with Crippen molar-refractivity contribution in [2.75, 3.05) is 6.54 Å². The normalized spacial score (nSPS) is 35.9. The number of aliphatic hydroxyl groups is 1. The Hall–Kier alpha value is -0.970. The van der Waals surface area contributed by atoms with E-state index >= 15 is 0 Å². The fraction of sp³-hybridized carbons (Fsp3) is 0.643. The molecule has 2 fully saturated rings. The smallest absolute Gasteiger partial charge is 0.105 e. The zero-order chi connectivity index (χ0) is 12.8. The Morgan fingerprint density at radius 2 is 2.39 bits per heavy atom. The number of aromatic nitrogens is 1. The number of nitrogens with zero attached hydrogens (tertiary/aromatic N) is 1. The van der Waals surface area contributed by atoms with Gasteiger partial charge in [0.05, 0.1) is 17.9 Å². The Labute approximate surface area is 107 Å². The predicted octanol–water partition coefficient (Wildman–Crippen LogP) is 1.32. The van der Waals surface area contributed by atoms with Crippen LogP contribution in [0.4, 0.5) is 0 Å². The van der Waals surface area contributed by atoms with Crippen LogP contribution in [0.2, 0.25) is 0 Å². The summed E-state index contributed by atoms with van der Waals surface area (Å²) in [5.74, 6) is 0. The molecule has 18 heavy (non-hydrogen) atoms. The molecule has 2 bridgehead atoms. The summed E-state index contributed by atoms with van der Waals surface area (Å²) < 4.78 is 5.88. The molecule has 2 saturated heterocycles. The number of aryl methyl sites for hydroxylation is 1. The maximum Gasteiger partial charge on any atom is 0.105 e. The molecule has 0 spiro atoms. The van der Waals surface area contributed by atoms with E-state index in [0.29, 0.717) is 12.2 Å². The van der Waals surface area contributed by atoms with E-state index in [0.717, 1.165) is 24.8 Å². The van der Waals surface area contributed by atoms with Gasteiger partial charge in [-0.3, -0.25) is 4.98 Å². The number of rotatable bonds is 3. The van der Waals surface area contributed by atoms with Crippen LogP contribution in [0, 0.1) is 12.3 Å². The van der Waals surface area contributed by atoms with Crippen LogP contribution in [0.5, 0.6) is 0 Å². The number of pyridine rings is 1. The molecule has 4 heteroatoms. The van der Waals surface area contributed by atoms with Crippen LogP contribution in [0.15, 0.2) is 18.3 Å². The summed E-state index contributed by atoms with van der Waals surface area (Å²) in [6, 6.07) is 3.87. The summed E-state index contributed by atoms with van der Waals surface area (Å²) in [5, 5.41) is 10.7. The van der Waals surface area contributed by atoms with E-state index < -0.39 is 6.10 Å². The average molecular weight is 248 g/mol. The van der Waals surface area contributed by atoms with Gasteiger partial charge in [-0.1, -0.05) is 6.07 Å². The van der Waals surface area contributed by atoms with Gasteiger partial charge in [0.25, 0.3) is 0 Å². The van der Waals surface area contributed by atoms with E-state index in [4.69, 9.17) is 10.5 Å². The van der Waals surface area contributed by atoms with Crippen molar-refractivity contribution >= 4 is 0 Å². The Morgan fingerprint density at radius 1 is 1.56 bits per heavy atom. The largest absolute Gasteiger partial charge is 0.386 e. The van der Waals surface area contributed by atoms with Crippen LogP contribution in [0.3, 0.4) is 0 Å². The van der Waals surface area contributed by atoms with Crippen molar-refractivity contribution in [2.24, 2.45) is 11.1 Å². The summed E-state index contributed by atoms with van der Waals surface area (Å²) in [6.45, 7) is 2.44. The van der Waals surface area contributed by atoms with Crippen LogP contribution < -0.4 is 5.73 Å². The molecule has 4 atom stereocenters. The van der Waals surface area contributed by atoms with Crippen LogP contribution in [-0.4, -0.2) is 28.8 Å². The molecule has 0 amide bonds. The highest BCUT2D eigenvalue weighted by Gasteiger charge is 2.56. The number of nitrogens with two attached hydrogens (primary N) is 1. The minimum Gasteiger partial charge on any atom is -0.386 e. The highest BCUT2D eigenvalue weighted by atomic mass is 16.5. The van der Waals surface area contributed by atoms with Gasteiger partial charge in [0, 0.05) is 18.2 Å². The van der Waals surface area contributed by atoms with E-state index in [1.54, 1.807) is 6.20 Å². The highest BCUT2D eigenvalue weighted by molar-refractivity contribution is 5.19. The van der Waals surface area contributed by atoms with Crippen molar-refractivity contribution in [1.82, 2.24) is 4.98 Å². The van der Waals surface area contributed by atoms with Gasteiger partial charge in [-0.2, -0.15) is 0 Å². The monoisotopic (exact) mass is 248 g/mol. The molecule has 1 aromatic heterocycles. The quantitative estimate of drug-likeness (QED) is 0.846. The molecule has 3 rings (SSSR count). The average Bonchev–Trinajstić information content (AvgIpc) is 2.99. The molecule has 2 aliphatic rings. The van der Waals surface area contributed by atoms with Gasteiger partial charge in [-0.25, -0.2) is 0 Å². The molecule has 0 radical (unpaired) electrons. The Bertz CT molecular complexity index is 434. The van der Waals surface area contributed by atoms with Crippen LogP contribution >= 0.6 is 0 Å². The van der Waals surface area contributed by atoms with Crippen molar-refractivity contribution in [1.29, 1.82) is 0 Å². The van der Waals surface area contributed by atoms with Gasteiger partial charge < -0.3 is 15.6 Å². The third kappa shape index (κ3) is 1.67. The number of hydrogen-bond acceptors (Lipinski definition) is 4. The van der Waals surface area contributed by atoms with Gasteiger partial charge in [0.2, 0.25) is 0 Å². The fourth-order valence-corrected chi connectivity index (χ4v) is 3.38. The topological polar surface area (TPSA) is 68.4 Å². The lowest BCUT2D eigenvalue weighted by atomic mass is 9.69. The lowest BCUT2D eigenvalue weighted by Crippen LogP contribution is -2.44. The molecule has 0 aliphatic carbocycles. The highest BCUT2D eigenvalue weighted by Crippen LogP contribution is 2.53. The molecular formula is C14H20N2O2. The molecule has 0 aromatic carbocycles. The van der Waals surface area contributed by atoms with Crippen molar-refractivity contribution in [3.63, 3.8) is 0 Å². The van der Waals surface area contributed by atoms with E-state index in [1.165, 1.54) is 0 Å². The Kier molecular flexibility index (Phi) is 2.88. The lowest BCUT2D eigenvalue weighted by Gasteiger charge is -2.38. The van der Waals surface area contributed by atoms with Gasteiger partial charge in [0.1, 0.15) is 6.10 Å². The number of hydrogen-bond donors (Lipinski definition) is 2. The van der Waals surface area contributed by atoms with E-state index in [2.05, 4.69) is 4.98 Å². The van der Waals surface area contributed by atoms with Gasteiger partial charge >= 0.3 is 0 Å². The molecule has 3 N–H and O–H groups in total. The van der Waals surface area contributed by atoms with Crippen LogP contribution in [-0.2, 0) is 4.74 Å². The summed E-state index contributed by atoms with van der Waals surface area (Å²) in [7, 11) is 0. The number of ether oxygens (including phenoxy) is 1. The van der Waals surface area contributed by atoms with Crippen LogP contribution in [0.25, 0.3) is 0 Å². The maximum absolute atomic E-state index is 10.7. The van der Waals surface area contributed by atoms with Crippen molar-refractivity contribution < 1.29 is 9.84 Å². The third-order valence-corrected chi connectivity index (χ3v) is 4.50. The van der Waals surface area contributed by atoms with Crippen LogP contribution in [0.1, 0.15) is 36.6 Å².